The summed E-state index contributed by atoms with van der Waals surface area (Å²) in [4.78, 5) is 33.2. The third-order valence-corrected chi connectivity index (χ3v) is 7.32. The molecule has 0 saturated heterocycles. The average molecular weight is 537 g/mol. The molecule has 198 valence electrons. The van der Waals surface area contributed by atoms with Crippen LogP contribution in [0.4, 0.5) is 14.5 Å². The number of hydrogen-bond acceptors (Lipinski definition) is 6. The Balaban J connectivity index is 1.28. The van der Waals surface area contributed by atoms with Crippen LogP contribution >= 0.6 is 0 Å². The number of nitrogens with one attached hydrogen (secondary N) is 3. The fourth-order valence-electron chi connectivity index (χ4n) is 5.31. The van der Waals surface area contributed by atoms with Gasteiger partial charge in [0.05, 0.1) is 34.5 Å². The lowest BCUT2D eigenvalue weighted by Crippen LogP contribution is -2.20. The van der Waals surface area contributed by atoms with Crippen LogP contribution in [0.25, 0.3) is 56.0 Å². The Bertz CT molecular complexity index is 1890. The van der Waals surface area contributed by atoms with E-state index in [-0.39, 0.29) is 34.4 Å². The van der Waals surface area contributed by atoms with E-state index in [2.05, 4.69) is 40.4 Å². The van der Waals surface area contributed by atoms with Crippen LogP contribution < -0.4 is 5.32 Å². The van der Waals surface area contributed by atoms with Crippen molar-refractivity contribution in [1.82, 2.24) is 35.1 Å². The van der Waals surface area contributed by atoms with Crippen LogP contribution in [-0.4, -0.2) is 41.0 Å². The van der Waals surface area contributed by atoms with Gasteiger partial charge in [0.15, 0.2) is 17.3 Å². The Morgan fingerprint density at radius 1 is 0.950 bits per heavy atom. The molecule has 11 heteroatoms. The zero-order valence-electron chi connectivity index (χ0n) is 21.1. The van der Waals surface area contributed by atoms with Gasteiger partial charge in [-0.25, -0.2) is 18.7 Å². The monoisotopic (exact) mass is 536 g/mol. The van der Waals surface area contributed by atoms with Crippen molar-refractivity contribution in [3.63, 3.8) is 0 Å². The van der Waals surface area contributed by atoms with E-state index in [1.807, 2.05) is 0 Å². The second-order valence-electron chi connectivity index (χ2n) is 9.86. The summed E-state index contributed by atoms with van der Waals surface area (Å²) in [6.45, 7) is 0. The molecule has 0 atom stereocenters. The molecule has 3 N–H and O–H groups in total. The molecule has 7 rings (SSSR count). The second kappa shape index (κ2) is 9.60. The number of aromatic nitrogens is 7. The van der Waals surface area contributed by atoms with Crippen LogP contribution in [0, 0.1) is 17.6 Å². The first-order valence-corrected chi connectivity index (χ1v) is 12.9. The summed E-state index contributed by atoms with van der Waals surface area (Å²) in [6, 6.07) is 9.57. The Kier molecular flexibility index (Phi) is 5.76. The second-order valence-corrected chi connectivity index (χ2v) is 9.86. The van der Waals surface area contributed by atoms with E-state index in [0.717, 1.165) is 36.8 Å². The Morgan fingerprint density at radius 3 is 2.60 bits per heavy atom. The molecule has 0 bridgehead atoms. The number of aromatic amines is 2. The van der Waals surface area contributed by atoms with Crippen molar-refractivity contribution in [2.75, 3.05) is 5.32 Å². The van der Waals surface area contributed by atoms with Crippen LogP contribution in [0.2, 0.25) is 0 Å². The van der Waals surface area contributed by atoms with Gasteiger partial charge in [-0.1, -0.05) is 25.0 Å². The highest BCUT2D eigenvalue weighted by molar-refractivity contribution is 5.97. The molecule has 40 heavy (non-hydrogen) atoms. The molecule has 9 nitrogen and oxygen atoms in total. The van der Waals surface area contributed by atoms with E-state index in [1.165, 1.54) is 30.7 Å². The lowest BCUT2D eigenvalue weighted by Gasteiger charge is -2.11. The van der Waals surface area contributed by atoms with Gasteiger partial charge in [0.1, 0.15) is 17.2 Å². The number of fused-ring (bicyclic) bond motifs is 2. The number of rotatable bonds is 5. The maximum Gasteiger partial charge on any atom is 0.227 e. The number of nitrogens with zero attached hydrogens (tertiary/aromatic N) is 5. The van der Waals surface area contributed by atoms with E-state index in [9.17, 15) is 9.18 Å². The minimum atomic E-state index is -0.602. The molecule has 0 aliphatic heterocycles. The molecule has 1 aromatic carbocycles. The van der Waals surface area contributed by atoms with Crippen molar-refractivity contribution in [2.45, 2.75) is 25.7 Å². The quantitative estimate of drug-likeness (QED) is 0.247. The zero-order valence-corrected chi connectivity index (χ0v) is 21.1. The van der Waals surface area contributed by atoms with Crippen LogP contribution in [0.15, 0.2) is 61.2 Å². The predicted molar refractivity (Wildman–Crippen MR) is 146 cm³/mol. The van der Waals surface area contributed by atoms with Crippen LogP contribution in [0.1, 0.15) is 25.7 Å². The maximum absolute atomic E-state index is 16.1. The van der Waals surface area contributed by atoms with Crippen LogP contribution in [0.3, 0.4) is 0 Å². The highest BCUT2D eigenvalue weighted by atomic mass is 19.1. The number of hydrogen-bond donors (Lipinski definition) is 3. The van der Waals surface area contributed by atoms with Gasteiger partial charge in [-0.3, -0.25) is 19.9 Å². The summed E-state index contributed by atoms with van der Waals surface area (Å²) in [5, 5.41) is 10.3. The van der Waals surface area contributed by atoms with Gasteiger partial charge in [0.25, 0.3) is 0 Å². The summed E-state index contributed by atoms with van der Waals surface area (Å²) in [7, 11) is 0. The Hall–Kier alpha value is -5.06. The third-order valence-electron chi connectivity index (χ3n) is 7.32. The van der Waals surface area contributed by atoms with Gasteiger partial charge in [-0.05, 0) is 42.7 Å². The standard InChI is InChI=1S/C29H22F2N8O/c30-18-7-5-15(6-8-18)20-9-10-33-27-25(20)36-28(37-27)26-22-21(38-39-26)14-34-24(23(22)31)17-11-19(13-32-12-17)35-29(40)16-3-1-2-4-16/h5-14,16H,1-4H2,(H,35,40)(H,38,39)(H,33,36,37). The maximum atomic E-state index is 16.1. The first-order valence-electron chi connectivity index (χ1n) is 12.9. The fraction of sp³-hybridized carbons (Fsp3) is 0.172. The number of halogens is 2. The van der Waals surface area contributed by atoms with E-state index in [0.29, 0.717) is 33.8 Å². The first kappa shape index (κ1) is 24.0. The van der Waals surface area contributed by atoms with Crippen molar-refractivity contribution in [1.29, 1.82) is 0 Å². The number of pyridine rings is 3. The molecule has 0 radical (unpaired) electrons. The molecular formula is C29H22F2N8O. The van der Waals surface area contributed by atoms with Crippen molar-refractivity contribution in [3.05, 3.63) is 72.8 Å². The number of benzene rings is 1. The van der Waals surface area contributed by atoms with Gasteiger partial charge in [0.2, 0.25) is 5.91 Å². The number of imidazole rings is 1. The molecule has 0 spiro atoms. The molecule has 1 aliphatic carbocycles. The highest BCUT2D eigenvalue weighted by Crippen LogP contribution is 2.34. The number of H-pyrrole nitrogens is 2. The highest BCUT2D eigenvalue weighted by Gasteiger charge is 2.24. The van der Waals surface area contributed by atoms with Gasteiger partial charge < -0.3 is 10.3 Å². The summed E-state index contributed by atoms with van der Waals surface area (Å²) in [5.41, 5.74) is 4.21. The largest absolute Gasteiger partial charge is 0.335 e. The predicted octanol–water partition coefficient (Wildman–Crippen LogP) is 6.03. The Labute approximate surface area is 226 Å². The molecule has 1 fully saturated rings. The molecular weight excluding hydrogens is 514 g/mol. The minimum absolute atomic E-state index is 0.00905. The van der Waals surface area contributed by atoms with E-state index >= 15 is 4.39 Å². The Morgan fingerprint density at radius 2 is 1.77 bits per heavy atom. The van der Waals surface area contributed by atoms with E-state index in [1.54, 1.807) is 30.5 Å². The SMILES string of the molecule is O=C(Nc1cncc(-c2ncc3[nH]nc(-c4nc5nccc(-c6ccc(F)cc6)c5[nH]4)c3c2F)c1)C1CCCC1. The number of anilines is 1. The smallest absolute Gasteiger partial charge is 0.227 e. The zero-order chi connectivity index (χ0) is 27.2. The summed E-state index contributed by atoms with van der Waals surface area (Å²) in [6.07, 6.45) is 10.00. The molecule has 5 aromatic heterocycles. The van der Waals surface area contributed by atoms with Crippen molar-refractivity contribution >= 4 is 33.7 Å². The first-order chi connectivity index (χ1) is 19.5. The molecule has 1 aliphatic rings. The fourth-order valence-corrected chi connectivity index (χ4v) is 5.31. The van der Waals surface area contributed by atoms with E-state index in [4.69, 9.17) is 0 Å². The molecule has 6 aromatic rings. The third kappa shape index (κ3) is 4.15. The molecule has 1 saturated carbocycles. The lowest BCUT2D eigenvalue weighted by molar-refractivity contribution is -0.119. The molecule has 1 amide bonds. The van der Waals surface area contributed by atoms with Crippen LogP contribution in [0.5, 0.6) is 0 Å². The topological polar surface area (TPSA) is 125 Å². The van der Waals surface area contributed by atoms with Gasteiger partial charge in [-0.2, -0.15) is 5.10 Å². The average Bonchev–Trinajstić information content (AvgIpc) is 3.73. The van der Waals surface area contributed by atoms with Crippen molar-refractivity contribution in [2.24, 2.45) is 5.92 Å². The van der Waals surface area contributed by atoms with Gasteiger partial charge >= 0.3 is 0 Å². The van der Waals surface area contributed by atoms with Gasteiger partial charge in [-0.15, -0.1) is 0 Å². The summed E-state index contributed by atoms with van der Waals surface area (Å²) in [5.74, 6) is -0.676. The van der Waals surface area contributed by atoms with Crippen molar-refractivity contribution < 1.29 is 13.6 Å². The number of amides is 1. The van der Waals surface area contributed by atoms with Crippen LogP contribution in [-0.2, 0) is 4.79 Å². The number of carbonyl (C=O) groups is 1. The number of carbonyl (C=O) groups excluding carboxylic acids is 1. The van der Waals surface area contributed by atoms with Crippen molar-refractivity contribution in [3.8, 4) is 33.9 Å². The van der Waals surface area contributed by atoms with E-state index < -0.39 is 5.82 Å². The summed E-state index contributed by atoms with van der Waals surface area (Å²) < 4.78 is 29.6. The van der Waals surface area contributed by atoms with Gasteiger partial charge in [0, 0.05) is 29.4 Å². The molecule has 5 heterocycles. The lowest BCUT2D eigenvalue weighted by atomic mass is 10.1. The normalized spacial score (nSPS) is 13.8. The minimum Gasteiger partial charge on any atom is -0.335 e. The molecule has 0 unspecified atom stereocenters. The summed E-state index contributed by atoms with van der Waals surface area (Å²) >= 11 is 0.